The Labute approximate surface area is 65.2 Å². The predicted octanol–water partition coefficient (Wildman–Crippen LogP) is 0.426. The highest BCUT2D eigenvalue weighted by Gasteiger charge is 2.05. The van der Waals surface area contributed by atoms with E-state index in [1.807, 2.05) is 13.0 Å². The first kappa shape index (κ1) is 7.76. The fourth-order valence-corrected chi connectivity index (χ4v) is 0.788. The van der Waals surface area contributed by atoms with Crippen LogP contribution in [0, 0.1) is 11.3 Å². The molecule has 0 spiro atoms. The van der Waals surface area contributed by atoms with Crippen LogP contribution in [0.25, 0.3) is 0 Å². The average molecular weight is 150 g/mol. The minimum atomic E-state index is -0.546. The fraction of sp³-hybridized carbons (Fsp3) is 0.429. The van der Waals surface area contributed by atoms with E-state index in [1.165, 1.54) is 0 Å². The van der Waals surface area contributed by atoms with Crippen molar-refractivity contribution in [3.8, 4) is 6.07 Å². The molecule has 0 aromatic carbocycles. The Morgan fingerprint density at radius 2 is 2.64 bits per heavy atom. The molecule has 0 saturated carbocycles. The van der Waals surface area contributed by atoms with Gasteiger partial charge in [0, 0.05) is 18.3 Å². The number of nitrogens with zero attached hydrogens (tertiary/aromatic N) is 3. The van der Waals surface area contributed by atoms with Crippen LogP contribution in [0.3, 0.4) is 0 Å². The third-order valence-electron chi connectivity index (χ3n) is 1.48. The molecule has 4 heteroatoms. The summed E-state index contributed by atoms with van der Waals surface area (Å²) in [4.78, 5) is 0. The first-order chi connectivity index (χ1) is 5.27. The first-order valence-corrected chi connectivity index (χ1v) is 3.45. The van der Waals surface area contributed by atoms with Crippen LogP contribution in [0.15, 0.2) is 12.4 Å². The molecule has 0 aliphatic heterocycles. The number of nitriles is 1. The van der Waals surface area contributed by atoms with Crippen molar-refractivity contribution in [1.29, 1.82) is 5.26 Å². The number of hydrogen-bond donors (Lipinski definition) is 1. The van der Waals surface area contributed by atoms with Crippen molar-refractivity contribution < 1.29 is 0 Å². The summed E-state index contributed by atoms with van der Waals surface area (Å²) in [6, 6.07) is 1.40. The summed E-state index contributed by atoms with van der Waals surface area (Å²) >= 11 is 0. The van der Waals surface area contributed by atoms with Crippen molar-refractivity contribution in [2.45, 2.75) is 19.5 Å². The zero-order valence-electron chi connectivity index (χ0n) is 6.36. The maximum atomic E-state index is 8.46. The Bertz CT molecular complexity index is 270. The van der Waals surface area contributed by atoms with Gasteiger partial charge in [0.1, 0.15) is 6.04 Å². The summed E-state index contributed by atoms with van der Waals surface area (Å²) in [6.45, 7) is 2.78. The summed E-state index contributed by atoms with van der Waals surface area (Å²) in [7, 11) is 0. The maximum absolute atomic E-state index is 8.46. The molecular formula is C7H10N4. The van der Waals surface area contributed by atoms with E-state index in [-0.39, 0.29) is 0 Å². The quantitative estimate of drug-likeness (QED) is 0.664. The highest BCUT2D eigenvalue weighted by molar-refractivity contribution is 5.16. The standard InChI is InChI=1S/C7H10N4/c1-2-11-5-6(4-10-11)7(9)3-8/h4-5,7H,2,9H2,1H3. The van der Waals surface area contributed by atoms with E-state index in [2.05, 4.69) is 5.10 Å². The topological polar surface area (TPSA) is 67.6 Å². The second kappa shape index (κ2) is 3.17. The van der Waals surface area contributed by atoms with E-state index in [0.29, 0.717) is 0 Å². The molecule has 0 radical (unpaired) electrons. The molecule has 11 heavy (non-hydrogen) atoms. The molecule has 1 heterocycles. The number of aryl methyl sites for hydroxylation is 1. The summed E-state index contributed by atoms with van der Waals surface area (Å²) < 4.78 is 1.74. The number of nitrogens with two attached hydrogens (primary N) is 1. The van der Waals surface area contributed by atoms with Gasteiger partial charge in [-0.1, -0.05) is 0 Å². The normalized spacial score (nSPS) is 12.5. The summed E-state index contributed by atoms with van der Waals surface area (Å²) in [5.74, 6) is 0. The van der Waals surface area contributed by atoms with Crippen LogP contribution in [0.1, 0.15) is 18.5 Å². The molecule has 1 unspecified atom stereocenters. The van der Waals surface area contributed by atoms with E-state index >= 15 is 0 Å². The lowest BCUT2D eigenvalue weighted by Gasteiger charge is -1.94. The van der Waals surface area contributed by atoms with E-state index in [0.717, 1.165) is 12.1 Å². The van der Waals surface area contributed by atoms with Crippen molar-refractivity contribution in [3.63, 3.8) is 0 Å². The Hall–Kier alpha value is -1.34. The van der Waals surface area contributed by atoms with Gasteiger partial charge in [-0.15, -0.1) is 0 Å². The zero-order chi connectivity index (χ0) is 8.27. The lowest BCUT2D eigenvalue weighted by atomic mass is 10.2. The van der Waals surface area contributed by atoms with Crippen LogP contribution < -0.4 is 5.73 Å². The first-order valence-electron chi connectivity index (χ1n) is 3.45. The van der Waals surface area contributed by atoms with Crippen molar-refractivity contribution in [3.05, 3.63) is 18.0 Å². The Kier molecular flexibility index (Phi) is 2.24. The van der Waals surface area contributed by atoms with E-state index in [9.17, 15) is 0 Å². The highest BCUT2D eigenvalue weighted by atomic mass is 15.3. The molecule has 0 aliphatic carbocycles. The largest absolute Gasteiger partial charge is 0.312 e. The van der Waals surface area contributed by atoms with Gasteiger partial charge >= 0.3 is 0 Å². The Balaban J connectivity index is 2.82. The van der Waals surface area contributed by atoms with Gasteiger partial charge in [0.25, 0.3) is 0 Å². The smallest absolute Gasteiger partial charge is 0.121 e. The van der Waals surface area contributed by atoms with Gasteiger partial charge in [0.15, 0.2) is 0 Å². The highest BCUT2D eigenvalue weighted by Crippen LogP contribution is 2.06. The van der Waals surface area contributed by atoms with Gasteiger partial charge in [0.05, 0.1) is 12.3 Å². The second-order valence-electron chi connectivity index (χ2n) is 2.24. The minimum Gasteiger partial charge on any atom is -0.312 e. The van der Waals surface area contributed by atoms with Gasteiger partial charge in [0.2, 0.25) is 0 Å². The van der Waals surface area contributed by atoms with Crippen molar-refractivity contribution >= 4 is 0 Å². The molecule has 58 valence electrons. The van der Waals surface area contributed by atoms with Crippen molar-refractivity contribution in [2.24, 2.45) is 5.73 Å². The summed E-state index contributed by atoms with van der Waals surface area (Å²) in [5, 5.41) is 12.4. The molecule has 0 bridgehead atoms. The van der Waals surface area contributed by atoms with Gasteiger partial charge < -0.3 is 5.73 Å². The molecule has 0 fully saturated rings. The lowest BCUT2D eigenvalue weighted by molar-refractivity contribution is 0.658. The third kappa shape index (κ3) is 1.57. The number of aromatic nitrogens is 2. The molecule has 1 atom stereocenters. The van der Waals surface area contributed by atoms with Crippen LogP contribution >= 0.6 is 0 Å². The number of rotatable bonds is 2. The van der Waals surface area contributed by atoms with Crippen molar-refractivity contribution in [1.82, 2.24) is 9.78 Å². The zero-order valence-corrected chi connectivity index (χ0v) is 6.36. The fourth-order valence-electron chi connectivity index (χ4n) is 0.788. The molecule has 4 nitrogen and oxygen atoms in total. The van der Waals surface area contributed by atoms with E-state index in [4.69, 9.17) is 11.0 Å². The third-order valence-corrected chi connectivity index (χ3v) is 1.48. The molecule has 1 aromatic rings. The van der Waals surface area contributed by atoms with Crippen LogP contribution in [0.4, 0.5) is 0 Å². The monoisotopic (exact) mass is 150 g/mol. The molecule has 0 amide bonds. The average Bonchev–Trinajstić information content (AvgIpc) is 2.50. The van der Waals surface area contributed by atoms with Crippen LogP contribution in [0.5, 0.6) is 0 Å². The SMILES string of the molecule is CCn1cc(C(N)C#N)cn1. The van der Waals surface area contributed by atoms with E-state index < -0.39 is 6.04 Å². The van der Waals surface area contributed by atoms with Crippen LogP contribution in [-0.4, -0.2) is 9.78 Å². The summed E-state index contributed by atoms with van der Waals surface area (Å²) in [6.07, 6.45) is 3.41. The Morgan fingerprint density at radius 1 is 1.91 bits per heavy atom. The van der Waals surface area contributed by atoms with Gasteiger partial charge in [-0.25, -0.2) is 0 Å². The molecule has 0 saturated heterocycles. The molecule has 0 aliphatic rings. The van der Waals surface area contributed by atoms with Crippen LogP contribution in [0.2, 0.25) is 0 Å². The van der Waals surface area contributed by atoms with Gasteiger partial charge in [-0.05, 0) is 6.92 Å². The summed E-state index contributed by atoms with van der Waals surface area (Å²) in [5.41, 5.74) is 6.22. The molecule has 1 rings (SSSR count). The predicted molar refractivity (Wildman–Crippen MR) is 40.4 cm³/mol. The molecule has 1 aromatic heterocycles. The van der Waals surface area contributed by atoms with E-state index in [1.54, 1.807) is 17.1 Å². The Morgan fingerprint density at radius 3 is 3.09 bits per heavy atom. The minimum absolute atomic E-state index is 0.546. The van der Waals surface area contributed by atoms with Crippen LogP contribution in [-0.2, 0) is 6.54 Å². The number of hydrogen-bond acceptors (Lipinski definition) is 3. The van der Waals surface area contributed by atoms with Gasteiger partial charge in [-0.3, -0.25) is 4.68 Å². The van der Waals surface area contributed by atoms with Gasteiger partial charge in [-0.2, -0.15) is 10.4 Å². The van der Waals surface area contributed by atoms with Crippen molar-refractivity contribution in [2.75, 3.05) is 0 Å². The molecular weight excluding hydrogens is 140 g/mol. The lowest BCUT2D eigenvalue weighted by Crippen LogP contribution is -2.05. The maximum Gasteiger partial charge on any atom is 0.121 e. The molecule has 2 N–H and O–H groups in total. The second-order valence-corrected chi connectivity index (χ2v) is 2.24.